The van der Waals surface area contributed by atoms with Crippen molar-refractivity contribution in [3.8, 4) is 0 Å². The van der Waals surface area contributed by atoms with E-state index >= 15 is 0 Å². The molecule has 20 heavy (non-hydrogen) atoms. The fourth-order valence-electron chi connectivity index (χ4n) is 2.36. The number of aliphatic hydroxyl groups excluding tert-OH is 1. The van der Waals surface area contributed by atoms with Gasteiger partial charge in [0.1, 0.15) is 0 Å². The van der Waals surface area contributed by atoms with Gasteiger partial charge in [0, 0.05) is 19.0 Å². The monoisotopic (exact) mass is 284 g/mol. The van der Waals surface area contributed by atoms with Crippen molar-refractivity contribution < 1.29 is 14.6 Å². The number of aliphatic hydroxyl groups is 1. The van der Waals surface area contributed by atoms with E-state index in [0.29, 0.717) is 31.6 Å². The highest BCUT2D eigenvalue weighted by molar-refractivity contribution is 5.74. The van der Waals surface area contributed by atoms with Gasteiger partial charge >= 0.3 is 0 Å². The first-order valence-corrected chi connectivity index (χ1v) is 7.41. The lowest BCUT2D eigenvalue weighted by atomic mass is 9.85. The number of primary amides is 1. The lowest BCUT2D eigenvalue weighted by molar-refractivity contribution is -0.118. The number of nitrogens with two attached hydrogens (primary N) is 1. The van der Waals surface area contributed by atoms with Crippen LogP contribution >= 0.6 is 0 Å². The van der Waals surface area contributed by atoms with E-state index < -0.39 is 6.10 Å². The van der Waals surface area contributed by atoms with Crippen LogP contribution in [0.15, 0.2) is 12.2 Å². The first-order chi connectivity index (χ1) is 9.49. The van der Waals surface area contributed by atoms with Gasteiger partial charge in [-0.05, 0) is 31.6 Å². The number of ether oxygens (including phenoxy) is 1. The molecule has 0 bridgehead atoms. The zero-order valence-corrected chi connectivity index (χ0v) is 12.5. The van der Waals surface area contributed by atoms with Crippen molar-refractivity contribution in [3.63, 3.8) is 0 Å². The minimum Gasteiger partial charge on any atom is -0.389 e. The molecule has 0 aromatic heterocycles. The Hall–Kier alpha value is -0.910. The summed E-state index contributed by atoms with van der Waals surface area (Å²) in [5, 5.41) is 12.9. The highest BCUT2D eigenvalue weighted by Gasteiger charge is 2.18. The molecule has 0 saturated carbocycles. The average Bonchev–Trinajstić information content (AvgIpc) is 2.38. The van der Waals surface area contributed by atoms with Crippen LogP contribution in [0.1, 0.15) is 33.1 Å². The van der Waals surface area contributed by atoms with Gasteiger partial charge in [-0.15, -0.1) is 0 Å². The van der Waals surface area contributed by atoms with Crippen LogP contribution in [-0.2, 0) is 9.53 Å². The number of carbonyl (C=O) groups excluding carboxylic acids is 1. The standard InChI is InChI=1S/C15H28N2O3/c1-11-5-3-4-6-13(11)9-20-10-14(18)8-17-12(2)7-15(16)19/h3-4,11-14,17-18H,5-10H2,1-2H3,(H2,16,19). The largest absolute Gasteiger partial charge is 0.389 e. The third-order valence-electron chi connectivity index (χ3n) is 3.77. The predicted octanol–water partition coefficient (Wildman–Crippen LogP) is 0.820. The summed E-state index contributed by atoms with van der Waals surface area (Å²) in [5.74, 6) is 0.856. The van der Waals surface area contributed by atoms with Gasteiger partial charge in [-0.3, -0.25) is 4.79 Å². The quantitative estimate of drug-likeness (QED) is 0.547. The molecule has 4 N–H and O–H groups in total. The lowest BCUT2D eigenvalue weighted by Crippen LogP contribution is -2.38. The van der Waals surface area contributed by atoms with Crippen LogP contribution in [0.5, 0.6) is 0 Å². The van der Waals surface area contributed by atoms with Crippen molar-refractivity contribution in [1.29, 1.82) is 0 Å². The van der Waals surface area contributed by atoms with E-state index in [2.05, 4.69) is 24.4 Å². The van der Waals surface area contributed by atoms with Crippen LogP contribution in [0, 0.1) is 11.8 Å². The normalized spacial score (nSPS) is 25.4. The Morgan fingerprint density at radius 3 is 2.85 bits per heavy atom. The van der Waals surface area contributed by atoms with Crippen molar-refractivity contribution >= 4 is 5.91 Å². The average molecular weight is 284 g/mol. The number of allylic oxidation sites excluding steroid dienone is 2. The summed E-state index contributed by atoms with van der Waals surface area (Å²) in [7, 11) is 0. The second kappa shape index (κ2) is 9.10. The molecule has 0 aromatic carbocycles. The van der Waals surface area contributed by atoms with Crippen LogP contribution in [0.3, 0.4) is 0 Å². The molecule has 5 nitrogen and oxygen atoms in total. The molecular formula is C15H28N2O3. The second-order valence-electron chi connectivity index (χ2n) is 5.85. The van der Waals surface area contributed by atoms with Gasteiger partial charge in [0.05, 0.1) is 19.3 Å². The molecule has 4 unspecified atom stereocenters. The molecule has 1 aliphatic rings. The zero-order chi connectivity index (χ0) is 15.0. The SMILES string of the molecule is CC(CC(N)=O)NCC(O)COCC1CC=CCC1C. The highest BCUT2D eigenvalue weighted by atomic mass is 16.5. The molecule has 0 aliphatic heterocycles. The maximum Gasteiger partial charge on any atom is 0.218 e. The first kappa shape index (κ1) is 17.1. The van der Waals surface area contributed by atoms with Crippen LogP contribution in [0.4, 0.5) is 0 Å². The van der Waals surface area contributed by atoms with Gasteiger partial charge in [0.15, 0.2) is 0 Å². The highest BCUT2D eigenvalue weighted by Crippen LogP contribution is 2.24. The molecule has 5 heteroatoms. The van der Waals surface area contributed by atoms with E-state index in [4.69, 9.17) is 10.5 Å². The number of hydrogen-bond acceptors (Lipinski definition) is 4. The fraction of sp³-hybridized carbons (Fsp3) is 0.800. The molecule has 1 rings (SSSR count). The van der Waals surface area contributed by atoms with Crippen LogP contribution in [0.25, 0.3) is 0 Å². The van der Waals surface area contributed by atoms with Crippen LogP contribution < -0.4 is 11.1 Å². The smallest absolute Gasteiger partial charge is 0.218 e. The Morgan fingerprint density at radius 1 is 1.50 bits per heavy atom. The van der Waals surface area contributed by atoms with E-state index in [1.807, 2.05) is 6.92 Å². The minimum atomic E-state index is -0.556. The summed E-state index contributed by atoms with van der Waals surface area (Å²) < 4.78 is 5.60. The number of amides is 1. The molecule has 0 aromatic rings. The maximum absolute atomic E-state index is 10.7. The van der Waals surface area contributed by atoms with E-state index in [1.165, 1.54) is 0 Å². The summed E-state index contributed by atoms with van der Waals surface area (Å²) in [6.45, 7) is 5.53. The molecule has 0 saturated heterocycles. The Morgan fingerprint density at radius 2 is 2.20 bits per heavy atom. The van der Waals surface area contributed by atoms with Gasteiger partial charge in [0.2, 0.25) is 5.91 Å². The van der Waals surface area contributed by atoms with Gasteiger partial charge in [-0.2, -0.15) is 0 Å². The number of carbonyl (C=O) groups is 1. The molecule has 0 heterocycles. The zero-order valence-electron chi connectivity index (χ0n) is 12.5. The summed E-state index contributed by atoms with van der Waals surface area (Å²) in [6.07, 6.45) is 6.32. The molecule has 116 valence electrons. The summed E-state index contributed by atoms with van der Waals surface area (Å²) in [5.41, 5.74) is 5.10. The number of hydrogen-bond donors (Lipinski definition) is 3. The summed E-state index contributed by atoms with van der Waals surface area (Å²) in [6, 6.07) is -0.0225. The summed E-state index contributed by atoms with van der Waals surface area (Å²) >= 11 is 0. The van der Waals surface area contributed by atoms with E-state index in [1.54, 1.807) is 0 Å². The number of nitrogens with one attached hydrogen (secondary N) is 1. The Balaban J connectivity index is 2.09. The third kappa shape index (κ3) is 7.03. The third-order valence-corrected chi connectivity index (χ3v) is 3.77. The molecule has 0 fully saturated rings. The number of rotatable bonds is 9. The first-order valence-electron chi connectivity index (χ1n) is 7.41. The van der Waals surface area contributed by atoms with Gasteiger partial charge in [0.25, 0.3) is 0 Å². The molecular weight excluding hydrogens is 256 g/mol. The van der Waals surface area contributed by atoms with Crippen molar-refractivity contribution in [2.75, 3.05) is 19.8 Å². The van der Waals surface area contributed by atoms with Gasteiger partial charge < -0.3 is 20.9 Å². The van der Waals surface area contributed by atoms with E-state index in [-0.39, 0.29) is 18.4 Å². The van der Waals surface area contributed by atoms with Gasteiger partial charge in [-0.25, -0.2) is 0 Å². The van der Waals surface area contributed by atoms with Crippen LogP contribution in [-0.4, -0.2) is 42.9 Å². The fourth-order valence-corrected chi connectivity index (χ4v) is 2.36. The van der Waals surface area contributed by atoms with Gasteiger partial charge in [-0.1, -0.05) is 19.1 Å². The summed E-state index contributed by atoms with van der Waals surface area (Å²) in [4.78, 5) is 10.7. The van der Waals surface area contributed by atoms with E-state index in [0.717, 1.165) is 12.8 Å². The minimum absolute atomic E-state index is 0.0225. The molecule has 0 spiro atoms. The lowest BCUT2D eigenvalue weighted by Gasteiger charge is -2.25. The molecule has 1 aliphatic carbocycles. The maximum atomic E-state index is 10.7. The van der Waals surface area contributed by atoms with Crippen molar-refractivity contribution in [2.24, 2.45) is 17.6 Å². The Bertz CT molecular complexity index is 320. The Kier molecular flexibility index (Phi) is 7.80. The molecule has 0 radical (unpaired) electrons. The second-order valence-corrected chi connectivity index (χ2v) is 5.85. The van der Waals surface area contributed by atoms with Crippen molar-refractivity contribution in [2.45, 2.75) is 45.3 Å². The Labute approximate surface area is 121 Å². The molecule has 1 amide bonds. The van der Waals surface area contributed by atoms with Crippen molar-refractivity contribution in [3.05, 3.63) is 12.2 Å². The molecule has 4 atom stereocenters. The topological polar surface area (TPSA) is 84.6 Å². The predicted molar refractivity (Wildman–Crippen MR) is 79.1 cm³/mol. The van der Waals surface area contributed by atoms with E-state index in [9.17, 15) is 9.90 Å². The van der Waals surface area contributed by atoms with Crippen LogP contribution in [0.2, 0.25) is 0 Å². The van der Waals surface area contributed by atoms with Crippen molar-refractivity contribution in [1.82, 2.24) is 5.32 Å².